The Labute approximate surface area is 101 Å². The lowest BCUT2D eigenvalue weighted by molar-refractivity contribution is -0.134. The second-order valence-corrected chi connectivity index (χ2v) is 3.21. The molecule has 0 aliphatic heterocycles. The summed E-state index contributed by atoms with van der Waals surface area (Å²) >= 11 is 0. The van der Waals surface area contributed by atoms with Gasteiger partial charge in [-0.2, -0.15) is 0 Å². The minimum Gasteiger partial charge on any atom is -0.386 e. The molecule has 0 bridgehead atoms. The Balaban J connectivity index is -0.000000174. The van der Waals surface area contributed by atoms with E-state index in [-0.39, 0.29) is 23.3 Å². The molecule has 0 aliphatic carbocycles. The van der Waals surface area contributed by atoms with Crippen LogP contribution in [-0.2, 0) is 19.2 Å². The van der Waals surface area contributed by atoms with Crippen molar-refractivity contribution >= 4 is 23.3 Å². The van der Waals surface area contributed by atoms with Gasteiger partial charge in [-0.1, -0.05) is 0 Å². The summed E-state index contributed by atoms with van der Waals surface area (Å²) in [5, 5.41) is 10.7. The van der Waals surface area contributed by atoms with Crippen LogP contribution in [-0.4, -0.2) is 41.5 Å². The number of carbonyl (C=O) groups excluding carboxylic acids is 4. The van der Waals surface area contributed by atoms with E-state index in [9.17, 15) is 19.2 Å². The molecule has 1 unspecified atom stereocenters. The topological polar surface area (TPSA) is 101 Å². The maximum Gasteiger partial charge on any atom is 0.216 e. The zero-order valence-corrected chi connectivity index (χ0v) is 11.2. The fourth-order valence-electron chi connectivity index (χ4n) is 0. The second-order valence-electron chi connectivity index (χ2n) is 3.21. The SMILES string of the molecule is CC(=O)C(C)=O.CC(=O)C(C)O.CNC(C)=O. The summed E-state index contributed by atoms with van der Waals surface area (Å²) in [6.07, 6.45) is -0.787. The average Bonchev–Trinajstić information content (AvgIpc) is 2.19. The van der Waals surface area contributed by atoms with Gasteiger partial charge in [0.15, 0.2) is 17.3 Å². The van der Waals surface area contributed by atoms with E-state index in [1.807, 2.05) is 0 Å². The Morgan fingerprint density at radius 2 is 1.12 bits per heavy atom. The summed E-state index contributed by atoms with van der Waals surface area (Å²) in [6, 6.07) is 0. The molecule has 100 valence electrons. The quantitative estimate of drug-likeness (QED) is 0.662. The number of hydrogen-bond acceptors (Lipinski definition) is 5. The number of ketones is 3. The normalized spacial score (nSPS) is 9.59. The molecule has 0 aromatic carbocycles. The Morgan fingerprint density at radius 3 is 1.12 bits per heavy atom. The summed E-state index contributed by atoms with van der Waals surface area (Å²) in [5.74, 6) is -0.940. The third-order valence-electron chi connectivity index (χ3n) is 1.44. The van der Waals surface area contributed by atoms with Gasteiger partial charge in [-0.3, -0.25) is 19.2 Å². The highest BCUT2D eigenvalue weighted by Crippen LogP contribution is 1.76. The molecule has 1 amide bonds. The second kappa shape index (κ2) is 12.5. The van der Waals surface area contributed by atoms with Crippen LogP contribution < -0.4 is 5.32 Å². The van der Waals surface area contributed by atoms with Crippen molar-refractivity contribution in [3.63, 3.8) is 0 Å². The first kappa shape index (κ1) is 20.8. The van der Waals surface area contributed by atoms with Gasteiger partial charge < -0.3 is 10.4 Å². The lowest BCUT2D eigenvalue weighted by Crippen LogP contribution is -2.11. The van der Waals surface area contributed by atoms with Crippen molar-refractivity contribution in [2.75, 3.05) is 7.05 Å². The van der Waals surface area contributed by atoms with Gasteiger partial charge in [-0.05, 0) is 13.8 Å². The van der Waals surface area contributed by atoms with E-state index in [2.05, 4.69) is 5.32 Å². The zero-order chi connectivity index (χ0) is 14.6. The molecule has 6 heteroatoms. The van der Waals surface area contributed by atoms with Gasteiger partial charge in [0, 0.05) is 27.8 Å². The number of nitrogens with one attached hydrogen (secondary N) is 1. The van der Waals surface area contributed by atoms with E-state index in [0.717, 1.165) is 0 Å². The molecular formula is C11H21NO5. The highest BCUT2D eigenvalue weighted by atomic mass is 16.3. The van der Waals surface area contributed by atoms with Gasteiger partial charge >= 0.3 is 0 Å². The summed E-state index contributed by atoms with van der Waals surface area (Å²) < 4.78 is 0. The molecule has 1 atom stereocenters. The van der Waals surface area contributed by atoms with Crippen molar-refractivity contribution < 1.29 is 24.3 Å². The van der Waals surface area contributed by atoms with Gasteiger partial charge in [0.2, 0.25) is 5.91 Å². The number of carbonyl (C=O) groups is 4. The van der Waals surface area contributed by atoms with E-state index in [0.29, 0.717) is 0 Å². The molecule has 0 radical (unpaired) electrons. The maximum absolute atomic E-state index is 9.89. The molecule has 2 N–H and O–H groups in total. The number of amides is 1. The van der Waals surface area contributed by atoms with E-state index in [1.165, 1.54) is 34.6 Å². The molecule has 0 aromatic rings. The van der Waals surface area contributed by atoms with Crippen LogP contribution in [0.25, 0.3) is 0 Å². The Kier molecular flexibility index (Phi) is 15.3. The Hall–Kier alpha value is -1.56. The van der Waals surface area contributed by atoms with Gasteiger partial charge in [0.05, 0.1) is 0 Å². The van der Waals surface area contributed by atoms with Crippen LogP contribution >= 0.6 is 0 Å². The number of hydrogen-bond donors (Lipinski definition) is 2. The van der Waals surface area contributed by atoms with E-state index in [4.69, 9.17) is 5.11 Å². The van der Waals surface area contributed by atoms with Crippen LogP contribution in [0, 0.1) is 0 Å². The van der Waals surface area contributed by atoms with Gasteiger partial charge in [0.25, 0.3) is 0 Å². The first-order chi connectivity index (χ1) is 7.56. The van der Waals surface area contributed by atoms with Crippen LogP contribution in [0.2, 0.25) is 0 Å². The number of aliphatic hydroxyl groups is 1. The molecule has 0 rings (SSSR count). The summed E-state index contributed by atoms with van der Waals surface area (Å²) in [4.78, 5) is 39.2. The molecule has 6 nitrogen and oxygen atoms in total. The van der Waals surface area contributed by atoms with E-state index < -0.39 is 6.10 Å². The van der Waals surface area contributed by atoms with Crippen molar-refractivity contribution in [2.45, 2.75) is 40.7 Å². The van der Waals surface area contributed by atoms with Gasteiger partial charge in [-0.15, -0.1) is 0 Å². The minimum absolute atomic E-state index is 0.00463. The van der Waals surface area contributed by atoms with Crippen LogP contribution in [0.4, 0.5) is 0 Å². The number of rotatable bonds is 2. The molecule has 0 saturated heterocycles. The molecule has 0 aromatic heterocycles. The van der Waals surface area contributed by atoms with Crippen LogP contribution in [0.1, 0.15) is 34.6 Å². The van der Waals surface area contributed by atoms with Crippen molar-refractivity contribution in [2.24, 2.45) is 0 Å². The van der Waals surface area contributed by atoms with Crippen molar-refractivity contribution in [1.82, 2.24) is 5.32 Å². The van der Waals surface area contributed by atoms with Crippen LogP contribution in [0.3, 0.4) is 0 Å². The number of Topliss-reactive ketones (excluding diaryl/α,β-unsaturated/α-hetero) is 3. The third-order valence-corrected chi connectivity index (χ3v) is 1.44. The summed E-state index contributed by atoms with van der Waals surface area (Å²) in [5.41, 5.74) is 0. The molecule has 0 fully saturated rings. The van der Waals surface area contributed by atoms with Crippen molar-refractivity contribution in [3.8, 4) is 0 Å². The lowest BCUT2D eigenvalue weighted by Gasteiger charge is -1.90. The van der Waals surface area contributed by atoms with Crippen molar-refractivity contribution in [3.05, 3.63) is 0 Å². The predicted octanol–water partition coefficient (Wildman–Crippen LogP) is -0.127. The first-order valence-corrected chi connectivity index (χ1v) is 4.94. The highest BCUT2D eigenvalue weighted by Gasteiger charge is 1.97. The monoisotopic (exact) mass is 247 g/mol. The predicted molar refractivity (Wildman–Crippen MR) is 63.5 cm³/mol. The lowest BCUT2D eigenvalue weighted by atomic mass is 10.3. The molecule has 0 heterocycles. The van der Waals surface area contributed by atoms with Gasteiger partial charge in [-0.25, -0.2) is 0 Å². The molecule has 0 aliphatic rings. The standard InChI is InChI=1S/C4H8O2.C4H6O2.C3H7NO/c2*1-3(5)4(2)6;1-3(5)4-2/h3,5H,1-2H3;1-2H3;1-2H3,(H,4,5). The van der Waals surface area contributed by atoms with E-state index in [1.54, 1.807) is 7.05 Å². The van der Waals surface area contributed by atoms with Crippen molar-refractivity contribution in [1.29, 1.82) is 0 Å². The zero-order valence-electron chi connectivity index (χ0n) is 11.2. The average molecular weight is 247 g/mol. The Morgan fingerprint density at radius 1 is 0.941 bits per heavy atom. The number of aliphatic hydroxyl groups excluding tert-OH is 1. The highest BCUT2D eigenvalue weighted by molar-refractivity contribution is 6.35. The largest absolute Gasteiger partial charge is 0.386 e. The Bertz CT molecular complexity index is 259. The smallest absolute Gasteiger partial charge is 0.216 e. The summed E-state index contributed by atoms with van der Waals surface area (Å²) in [6.45, 7) is 6.78. The fourth-order valence-corrected chi connectivity index (χ4v) is 0. The molecule has 17 heavy (non-hydrogen) atoms. The maximum atomic E-state index is 9.89. The fraction of sp³-hybridized carbons (Fsp3) is 0.636. The molecule has 0 saturated carbocycles. The first-order valence-electron chi connectivity index (χ1n) is 4.94. The van der Waals surface area contributed by atoms with Gasteiger partial charge in [0.1, 0.15) is 6.10 Å². The van der Waals surface area contributed by atoms with Crippen LogP contribution in [0.15, 0.2) is 0 Å². The molecule has 0 spiro atoms. The molecular weight excluding hydrogens is 226 g/mol. The minimum atomic E-state index is -0.787. The summed E-state index contributed by atoms with van der Waals surface area (Å²) in [7, 11) is 1.60. The third kappa shape index (κ3) is 31.4. The van der Waals surface area contributed by atoms with E-state index >= 15 is 0 Å². The van der Waals surface area contributed by atoms with Crippen LogP contribution in [0.5, 0.6) is 0 Å².